The topological polar surface area (TPSA) is 82.1 Å². The number of nitrogens with zero attached hydrogens (tertiary/aromatic N) is 5. The molecule has 4 aromatic rings. The highest BCUT2D eigenvalue weighted by Gasteiger charge is 2.24. The summed E-state index contributed by atoms with van der Waals surface area (Å²) < 4.78 is 48.7. The van der Waals surface area contributed by atoms with Crippen molar-refractivity contribution in [3.63, 3.8) is 0 Å². The van der Waals surface area contributed by atoms with Crippen molar-refractivity contribution in [3.05, 3.63) is 59.9 Å². The summed E-state index contributed by atoms with van der Waals surface area (Å²) in [6.07, 6.45) is 0. The molecule has 158 valence electrons. The van der Waals surface area contributed by atoms with E-state index in [-0.39, 0.29) is 22.7 Å². The molecule has 1 aliphatic rings. The summed E-state index contributed by atoms with van der Waals surface area (Å²) >= 11 is 0. The molecule has 0 spiro atoms. The Hall–Kier alpha value is -3.66. The van der Waals surface area contributed by atoms with Gasteiger partial charge in [0.15, 0.2) is 5.65 Å². The lowest BCUT2D eigenvalue weighted by atomic mass is 10.1. The maximum atomic E-state index is 14.7. The number of halogens is 3. The Morgan fingerprint density at radius 3 is 2.45 bits per heavy atom. The molecule has 2 aromatic heterocycles. The van der Waals surface area contributed by atoms with Gasteiger partial charge in [0.25, 0.3) is 0 Å². The van der Waals surface area contributed by atoms with Gasteiger partial charge in [-0.15, -0.1) is 5.10 Å². The number of ether oxygens (including phenoxy) is 1. The van der Waals surface area contributed by atoms with Gasteiger partial charge in [-0.1, -0.05) is 6.07 Å². The van der Waals surface area contributed by atoms with Crippen molar-refractivity contribution < 1.29 is 17.9 Å². The Morgan fingerprint density at radius 1 is 0.935 bits per heavy atom. The minimum absolute atomic E-state index is 0.0637. The first kappa shape index (κ1) is 19.3. The van der Waals surface area contributed by atoms with Crippen LogP contribution in [0.15, 0.2) is 42.5 Å². The second-order valence-corrected chi connectivity index (χ2v) is 7.07. The van der Waals surface area contributed by atoms with Crippen molar-refractivity contribution in [2.24, 2.45) is 0 Å². The van der Waals surface area contributed by atoms with Crippen LogP contribution in [0.5, 0.6) is 0 Å². The molecule has 0 radical (unpaired) electrons. The Labute approximate surface area is 174 Å². The summed E-state index contributed by atoms with van der Waals surface area (Å²) in [5.74, 6) is -1.50. The first-order chi connectivity index (χ1) is 15.0. The van der Waals surface area contributed by atoms with E-state index >= 15 is 0 Å². The molecule has 3 heterocycles. The highest BCUT2D eigenvalue weighted by Crippen LogP contribution is 2.35. The van der Waals surface area contributed by atoms with Crippen molar-refractivity contribution in [1.29, 1.82) is 0 Å². The third kappa shape index (κ3) is 3.44. The van der Waals surface area contributed by atoms with Crippen molar-refractivity contribution in [2.45, 2.75) is 0 Å². The number of rotatable bonds is 3. The van der Waals surface area contributed by atoms with E-state index in [2.05, 4.69) is 15.1 Å². The minimum atomic E-state index is -0.786. The summed E-state index contributed by atoms with van der Waals surface area (Å²) in [5, 5.41) is 4.73. The van der Waals surface area contributed by atoms with Gasteiger partial charge in [0.05, 0.1) is 30.0 Å². The van der Waals surface area contributed by atoms with E-state index in [0.717, 1.165) is 12.1 Å². The molecule has 10 heteroatoms. The van der Waals surface area contributed by atoms with Crippen molar-refractivity contribution in [3.8, 4) is 16.9 Å². The molecule has 1 saturated heterocycles. The van der Waals surface area contributed by atoms with Crippen LogP contribution in [0.1, 0.15) is 0 Å². The number of anilines is 2. The number of nitrogens with two attached hydrogens (primary N) is 1. The summed E-state index contributed by atoms with van der Waals surface area (Å²) in [6, 6.07) is 8.98. The third-order valence-corrected chi connectivity index (χ3v) is 5.09. The Kier molecular flexibility index (Phi) is 4.70. The largest absolute Gasteiger partial charge is 0.383 e. The molecule has 31 heavy (non-hydrogen) atoms. The Balaban J connectivity index is 1.77. The van der Waals surface area contributed by atoms with E-state index in [9.17, 15) is 13.2 Å². The predicted molar refractivity (Wildman–Crippen MR) is 109 cm³/mol. The van der Waals surface area contributed by atoms with Crippen molar-refractivity contribution in [2.75, 3.05) is 36.9 Å². The van der Waals surface area contributed by atoms with Gasteiger partial charge in [0, 0.05) is 24.7 Å². The van der Waals surface area contributed by atoms with Crippen LogP contribution in [-0.4, -0.2) is 46.1 Å². The average molecular weight is 426 g/mol. The third-order valence-electron chi connectivity index (χ3n) is 5.09. The van der Waals surface area contributed by atoms with Crippen LogP contribution in [0.3, 0.4) is 0 Å². The molecule has 0 aliphatic carbocycles. The van der Waals surface area contributed by atoms with Crippen molar-refractivity contribution in [1.82, 2.24) is 19.7 Å². The van der Waals surface area contributed by atoms with Crippen LogP contribution < -0.4 is 10.6 Å². The van der Waals surface area contributed by atoms with Gasteiger partial charge in [-0.3, -0.25) is 0 Å². The van der Waals surface area contributed by atoms with Gasteiger partial charge < -0.3 is 15.4 Å². The normalized spacial score (nSPS) is 14.4. The van der Waals surface area contributed by atoms with Crippen LogP contribution in [0.4, 0.5) is 24.9 Å². The van der Waals surface area contributed by atoms with E-state index in [4.69, 9.17) is 10.5 Å². The lowest BCUT2D eigenvalue weighted by molar-refractivity contribution is 0.122. The number of hydrogen-bond donors (Lipinski definition) is 1. The van der Waals surface area contributed by atoms with Crippen molar-refractivity contribution >= 4 is 22.8 Å². The van der Waals surface area contributed by atoms with Crippen LogP contribution in [0.2, 0.25) is 0 Å². The van der Waals surface area contributed by atoms with Gasteiger partial charge in [0.2, 0.25) is 5.95 Å². The number of morpholine rings is 1. The van der Waals surface area contributed by atoms with Gasteiger partial charge in [0.1, 0.15) is 23.3 Å². The monoisotopic (exact) mass is 426 g/mol. The zero-order chi connectivity index (χ0) is 21.5. The Bertz CT molecular complexity index is 1290. The SMILES string of the molecule is Nc1c2c(-c3ccc(F)cc3F)nc(N3CCOCC3)nc2nn1-c1cccc(F)c1. The number of aromatic nitrogens is 4. The summed E-state index contributed by atoms with van der Waals surface area (Å²) in [5.41, 5.74) is 7.19. The average Bonchev–Trinajstić information content (AvgIpc) is 3.10. The quantitative estimate of drug-likeness (QED) is 0.541. The van der Waals surface area contributed by atoms with E-state index in [1.165, 1.54) is 28.9 Å². The first-order valence-electron chi connectivity index (χ1n) is 9.61. The molecule has 0 unspecified atom stereocenters. The van der Waals surface area contributed by atoms with Gasteiger partial charge in [-0.2, -0.15) is 4.98 Å². The number of hydrogen-bond acceptors (Lipinski definition) is 6. The van der Waals surface area contributed by atoms with E-state index < -0.39 is 17.5 Å². The van der Waals surface area contributed by atoms with Crippen LogP contribution in [0, 0.1) is 17.5 Å². The van der Waals surface area contributed by atoms with Gasteiger partial charge in [-0.05, 0) is 30.3 Å². The second-order valence-electron chi connectivity index (χ2n) is 7.07. The molecule has 0 saturated carbocycles. The molecule has 1 fully saturated rings. The maximum absolute atomic E-state index is 14.7. The molecular formula is C21H17F3N6O. The minimum Gasteiger partial charge on any atom is -0.383 e. The highest BCUT2D eigenvalue weighted by atomic mass is 19.1. The van der Waals surface area contributed by atoms with Crippen LogP contribution in [-0.2, 0) is 4.74 Å². The molecule has 2 aromatic carbocycles. The van der Waals surface area contributed by atoms with E-state index in [1.54, 1.807) is 6.07 Å². The predicted octanol–water partition coefficient (Wildman–Crippen LogP) is 3.32. The van der Waals surface area contributed by atoms with E-state index in [0.29, 0.717) is 43.3 Å². The molecule has 0 amide bonds. The molecule has 0 bridgehead atoms. The number of fused-ring (bicyclic) bond motifs is 1. The second kappa shape index (κ2) is 7.55. The van der Waals surface area contributed by atoms with E-state index in [1.807, 2.05) is 4.90 Å². The fourth-order valence-electron chi connectivity index (χ4n) is 3.59. The molecule has 5 rings (SSSR count). The zero-order valence-electron chi connectivity index (χ0n) is 16.2. The fraction of sp³-hybridized carbons (Fsp3) is 0.190. The Morgan fingerprint density at radius 2 is 1.71 bits per heavy atom. The number of nitrogen functional groups attached to an aromatic ring is 1. The zero-order valence-corrected chi connectivity index (χ0v) is 16.2. The molecule has 0 atom stereocenters. The molecule has 1 aliphatic heterocycles. The maximum Gasteiger partial charge on any atom is 0.228 e. The summed E-state index contributed by atoms with van der Waals surface area (Å²) in [6.45, 7) is 2.11. The van der Waals surface area contributed by atoms with Gasteiger partial charge >= 0.3 is 0 Å². The standard InChI is InChI=1S/C21H17F3N6O/c22-12-2-1-3-14(10-12)30-19(25)17-18(15-5-4-13(23)11-16(15)24)26-21(27-20(17)28-30)29-6-8-31-9-7-29/h1-5,10-11H,6-9,25H2. The lowest BCUT2D eigenvalue weighted by Gasteiger charge is -2.27. The smallest absolute Gasteiger partial charge is 0.228 e. The molecular weight excluding hydrogens is 409 g/mol. The summed E-state index contributed by atoms with van der Waals surface area (Å²) in [7, 11) is 0. The van der Waals surface area contributed by atoms with Crippen LogP contribution in [0.25, 0.3) is 28.0 Å². The highest BCUT2D eigenvalue weighted by molar-refractivity contribution is 5.99. The van der Waals surface area contributed by atoms with Crippen LogP contribution >= 0.6 is 0 Å². The van der Waals surface area contributed by atoms with Gasteiger partial charge in [-0.25, -0.2) is 22.8 Å². The number of benzene rings is 2. The first-order valence-corrected chi connectivity index (χ1v) is 9.61. The fourth-order valence-corrected chi connectivity index (χ4v) is 3.59. The lowest BCUT2D eigenvalue weighted by Crippen LogP contribution is -2.37. The summed E-state index contributed by atoms with van der Waals surface area (Å²) in [4.78, 5) is 11.0. The molecule has 7 nitrogen and oxygen atoms in total. The molecule has 2 N–H and O–H groups in total.